The molecule has 0 radical (unpaired) electrons. The van der Waals surface area contributed by atoms with E-state index in [2.05, 4.69) is 38.2 Å². The highest BCUT2D eigenvalue weighted by atomic mass is 35.5. The van der Waals surface area contributed by atoms with Crippen LogP contribution >= 0.6 is 11.6 Å². The van der Waals surface area contributed by atoms with Gasteiger partial charge in [0.05, 0.1) is 0 Å². The molecule has 1 N–H and O–H groups in total. The van der Waals surface area contributed by atoms with Gasteiger partial charge in [-0.1, -0.05) is 50.6 Å². The van der Waals surface area contributed by atoms with Crippen molar-refractivity contribution in [1.29, 1.82) is 0 Å². The van der Waals surface area contributed by atoms with Crippen LogP contribution in [0.4, 0.5) is 0 Å². The lowest BCUT2D eigenvalue weighted by Gasteiger charge is -2.11. The molecule has 2 rings (SSSR count). The number of hydrogen-bond acceptors (Lipinski definition) is 2. The van der Waals surface area contributed by atoms with E-state index in [1.807, 2.05) is 30.3 Å². The molecule has 2 aromatic rings. The molecule has 0 aliphatic carbocycles. The van der Waals surface area contributed by atoms with E-state index in [0.29, 0.717) is 6.04 Å². The van der Waals surface area contributed by atoms with Gasteiger partial charge in [0.2, 0.25) is 0 Å². The van der Waals surface area contributed by atoms with E-state index >= 15 is 0 Å². The van der Waals surface area contributed by atoms with Gasteiger partial charge in [0.1, 0.15) is 11.5 Å². The Hall–Kier alpha value is -1.51. The Bertz CT molecular complexity index is 578. The van der Waals surface area contributed by atoms with E-state index in [4.69, 9.17) is 16.3 Å². The first-order chi connectivity index (χ1) is 10.1. The van der Waals surface area contributed by atoms with Crippen LogP contribution < -0.4 is 10.1 Å². The zero-order chi connectivity index (χ0) is 15.2. The van der Waals surface area contributed by atoms with Gasteiger partial charge in [0, 0.05) is 17.6 Å². The first kappa shape index (κ1) is 15.9. The van der Waals surface area contributed by atoms with Crippen molar-refractivity contribution in [3.8, 4) is 11.5 Å². The largest absolute Gasteiger partial charge is 0.457 e. The maximum absolute atomic E-state index is 6.31. The van der Waals surface area contributed by atoms with E-state index < -0.39 is 0 Å². The first-order valence-electron chi connectivity index (χ1n) is 7.37. The Morgan fingerprint density at radius 2 is 1.71 bits per heavy atom. The molecule has 0 saturated carbocycles. The highest BCUT2D eigenvalue weighted by Crippen LogP contribution is 2.27. The smallest absolute Gasteiger partial charge is 0.128 e. The van der Waals surface area contributed by atoms with Gasteiger partial charge in [-0.25, -0.2) is 0 Å². The van der Waals surface area contributed by atoms with Crippen molar-refractivity contribution in [2.24, 2.45) is 0 Å². The number of nitrogens with one attached hydrogen (secondary N) is 1. The topological polar surface area (TPSA) is 21.3 Å². The lowest BCUT2D eigenvalue weighted by Crippen LogP contribution is -2.21. The second-order valence-electron chi connectivity index (χ2n) is 5.39. The van der Waals surface area contributed by atoms with Crippen molar-refractivity contribution in [3.63, 3.8) is 0 Å². The van der Waals surface area contributed by atoms with Crippen molar-refractivity contribution >= 4 is 11.6 Å². The molecule has 0 heterocycles. The van der Waals surface area contributed by atoms with Crippen LogP contribution in [0.15, 0.2) is 42.5 Å². The molecule has 0 aliphatic rings. The maximum atomic E-state index is 6.31. The third-order valence-corrected chi connectivity index (χ3v) is 3.64. The van der Waals surface area contributed by atoms with Crippen molar-refractivity contribution < 1.29 is 4.74 Å². The number of halogens is 1. The van der Waals surface area contributed by atoms with Crippen molar-refractivity contribution in [3.05, 3.63) is 58.6 Å². The molecule has 2 nitrogen and oxygen atoms in total. The number of rotatable bonds is 6. The SMILES string of the molecule is CCc1ccc(Oc2ccc(CNC(C)C)c(Cl)c2)cc1. The molecule has 2 aromatic carbocycles. The third-order valence-electron chi connectivity index (χ3n) is 3.29. The molecular weight excluding hydrogens is 282 g/mol. The number of aryl methyl sites for hydroxylation is 1. The number of benzene rings is 2. The summed E-state index contributed by atoms with van der Waals surface area (Å²) >= 11 is 6.31. The maximum Gasteiger partial charge on any atom is 0.128 e. The van der Waals surface area contributed by atoms with Crippen LogP contribution in [-0.4, -0.2) is 6.04 Å². The second-order valence-corrected chi connectivity index (χ2v) is 5.80. The van der Waals surface area contributed by atoms with Crippen molar-refractivity contribution in [1.82, 2.24) is 5.32 Å². The Morgan fingerprint density at radius 1 is 1.05 bits per heavy atom. The molecule has 0 fully saturated rings. The minimum absolute atomic E-state index is 0.439. The van der Waals surface area contributed by atoms with Gasteiger partial charge in [-0.15, -0.1) is 0 Å². The first-order valence-corrected chi connectivity index (χ1v) is 7.75. The van der Waals surface area contributed by atoms with Crippen LogP contribution in [0.1, 0.15) is 31.9 Å². The second kappa shape index (κ2) is 7.48. The molecular formula is C18H22ClNO. The standard InChI is InChI=1S/C18H22ClNO/c1-4-14-5-8-16(9-6-14)21-17-10-7-15(18(19)11-17)12-20-13(2)3/h5-11,13,20H,4,12H2,1-3H3. The summed E-state index contributed by atoms with van der Waals surface area (Å²) in [5.74, 6) is 1.59. The van der Waals surface area contributed by atoms with Crippen LogP contribution in [0.3, 0.4) is 0 Å². The molecule has 0 atom stereocenters. The fourth-order valence-corrected chi connectivity index (χ4v) is 2.22. The minimum Gasteiger partial charge on any atom is -0.457 e. The quantitative estimate of drug-likeness (QED) is 0.792. The van der Waals surface area contributed by atoms with Crippen LogP contribution in [0.2, 0.25) is 5.02 Å². The fourth-order valence-electron chi connectivity index (χ4n) is 1.98. The average molecular weight is 304 g/mol. The highest BCUT2D eigenvalue weighted by Gasteiger charge is 2.04. The van der Waals surface area contributed by atoms with Gasteiger partial charge < -0.3 is 10.1 Å². The van der Waals surface area contributed by atoms with Gasteiger partial charge in [-0.2, -0.15) is 0 Å². The molecule has 0 amide bonds. The number of ether oxygens (including phenoxy) is 1. The minimum atomic E-state index is 0.439. The average Bonchev–Trinajstić information content (AvgIpc) is 2.47. The van der Waals surface area contributed by atoms with Crippen LogP contribution in [0.25, 0.3) is 0 Å². The van der Waals surface area contributed by atoms with Gasteiger partial charge in [0.15, 0.2) is 0 Å². The Kier molecular flexibility index (Phi) is 5.66. The lowest BCUT2D eigenvalue weighted by atomic mass is 10.2. The summed E-state index contributed by atoms with van der Waals surface area (Å²) in [4.78, 5) is 0. The van der Waals surface area contributed by atoms with E-state index in [1.165, 1.54) is 5.56 Å². The lowest BCUT2D eigenvalue weighted by molar-refractivity contribution is 0.482. The summed E-state index contributed by atoms with van der Waals surface area (Å²) in [5, 5.41) is 4.09. The van der Waals surface area contributed by atoms with E-state index in [9.17, 15) is 0 Å². The highest BCUT2D eigenvalue weighted by molar-refractivity contribution is 6.31. The fraction of sp³-hybridized carbons (Fsp3) is 0.333. The van der Waals surface area contributed by atoms with Gasteiger partial charge in [0.25, 0.3) is 0 Å². The summed E-state index contributed by atoms with van der Waals surface area (Å²) in [6.45, 7) is 7.14. The molecule has 21 heavy (non-hydrogen) atoms. The molecule has 3 heteroatoms. The zero-order valence-electron chi connectivity index (χ0n) is 12.8. The molecule has 0 saturated heterocycles. The predicted octanol–water partition coefficient (Wildman–Crippen LogP) is 5.19. The molecule has 0 unspecified atom stereocenters. The monoisotopic (exact) mass is 303 g/mol. The van der Waals surface area contributed by atoms with Crippen molar-refractivity contribution in [2.45, 2.75) is 39.8 Å². The zero-order valence-corrected chi connectivity index (χ0v) is 13.6. The van der Waals surface area contributed by atoms with E-state index in [1.54, 1.807) is 0 Å². The van der Waals surface area contributed by atoms with E-state index in [0.717, 1.165) is 35.1 Å². The summed E-state index contributed by atoms with van der Waals surface area (Å²) in [7, 11) is 0. The Labute approximate surface area is 132 Å². The molecule has 0 bridgehead atoms. The predicted molar refractivity (Wildman–Crippen MR) is 89.3 cm³/mol. The molecule has 112 valence electrons. The summed E-state index contributed by atoms with van der Waals surface area (Å²) < 4.78 is 5.83. The van der Waals surface area contributed by atoms with Gasteiger partial charge in [-0.05, 0) is 41.8 Å². The molecule has 0 aliphatic heterocycles. The summed E-state index contributed by atoms with van der Waals surface area (Å²) in [5.41, 5.74) is 2.38. The van der Waals surface area contributed by atoms with Crippen molar-refractivity contribution in [2.75, 3.05) is 0 Å². The number of hydrogen-bond donors (Lipinski definition) is 1. The van der Waals surface area contributed by atoms with E-state index in [-0.39, 0.29) is 0 Å². The Morgan fingerprint density at radius 3 is 2.29 bits per heavy atom. The van der Waals surface area contributed by atoms with Crippen LogP contribution in [0, 0.1) is 0 Å². The molecule has 0 spiro atoms. The Balaban J connectivity index is 2.05. The third kappa shape index (κ3) is 4.76. The van der Waals surface area contributed by atoms with Gasteiger partial charge >= 0.3 is 0 Å². The van der Waals surface area contributed by atoms with Crippen LogP contribution in [-0.2, 0) is 13.0 Å². The molecule has 0 aromatic heterocycles. The summed E-state index contributed by atoms with van der Waals surface area (Å²) in [6, 6.07) is 14.4. The normalized spacial score (nSPS) is 10.9. The summed E-state index contributed by atoms with van der Waals surface area (Å²) in [6.07, 6.45) is 1.03. The van der Waals surface area contributed by atoms with Crippen LogP contribution in [0.5, 0.6) is 11.5 Å². The van der Waals surface area contributed by atoms with Gasteiger partial charge in [-0.3, -0.25) is 0 Å².